The van der Waals surface area contributed by atoms with Crippen LogP contribution in [0.1, 0.15) is 204 Å². The first kappa shape index (κ1) is 51.1. The second-order valence-corrected chi connectivity index (χ2v) is 20.2. The van der Waals surface area contributed by atoms with Crippen molar-refractivity contribution in [3.05, 3.63) is 177 Å². The summed E-state index contributed by atoms with van der Waals surface area (Å²) < 4.78 is 24.2. The lowest BCUT2D eigenvalue weighted by Gasteiger charge is -2.33. The summed E-state index contributed by atoms with van der Waals surface area (Å²) in [4.78, 5) is 54.3. The second kappa shape index (κ2) is 24.3. The normalized spacial score (nSPS) is 13.7. The van der Waals surface area contributed by atoms with Gasteiger partial charge in [0.2, 0.25) is 0 Å². The van der Waals surface area contributed by atoms with Gasteiger partial charge in [-0.2, -0.15) is 0 Å². The Morgan fingerprint density at radius 3 is 0.904 bits per heavy atom. The van der Waals surface area contributed by atoms with Crippen molar-refractivity contribution in [1.82, 2.24) is 0 Å². The number of hydrogen-bond donors (Lipinski definition) is 0. The summed E-state index contributed by atoms with van der Waals surface area (Å²) in [5, 5.41) is 0. The van der Waals surface area contributed by atoms with Crippen LogP contribution in [0.25, 0.3) is 11.1 Å². The van der Waals surface area contributed by atoms with Gasteiger partial charge >= 0.3 is 0 Å². The molecule has 9 rings (SSSR count). The number of hydrogen-bond acceptors (Lipinski definition) is 8. The van der Waals surface area contributed by atoms with Gasteiger partial charge in [-0.3, -0.25) is 19.2 Å². The van der Waals surface area contributed by atoms with Crippen molar-refractivity contribution in [3.8, 4) is 34.1 Å². The minimum absolute atomic E-state index is 0.0523. The van der Waals surface area contributed by atoms with Crippen molar-refractivity contribution in [2.24, 2.45) is 0 Å². The van der Waals surface area contributed by atoms with Crippen LogP contribution in [0.15, 0.2) is 121 Å². The van der Waals surface area contributed by atoms with Crippen LogP contribution in [-0.2, 0) is 5.41 Å². The molecule has 0 bridgehead atoms. The minimum Gasteiger partial charge on any atom is -0.494 e. The van der Waals surface area contributed by atoms with Gasteiger partial charge in [0.25, 0.3) is 0 Å². The zero-order valence-electron chi connectivity index (χ0n) is 42.9. The van der Waals surface area contributed by atoms with Crippen LogP contribution >= 0.6 is 0 Å². The molecule has 0 unspecified atom stereocenters. The molecule has 8 heteroatoms. The molecule has 0 aliphatic heterocycles. The summed E-state index contributed by atoms with van der Waals surface area (Å²) in [7, 11) is 0. The summed E-state index contributed by atoms with van der Waals surface area (Å²) in [6.07, 6.45) is 19.1. The first-order valence-electron chi connectivity index (χ1n) is 27.3. The van der Waals surface area contributed by atoms with Gasteiger partial charge < -0.3 is 18.9 Å². The van der Waals surface area contributed by atoms with E-state index in [0.717, 1.165) is 103 Å². The third-order valence-corrected chi connectivity index (χ3v) is 15.2. The van der Waals surface area contributed by atoms with Gasteiger partial charge in [-0.1, -0.05) is 139 Å². The van der Waals surface area contributed by atoms with Gasteiger partial charge in [-0.05, 0) is 134 Å². The molecule has 0 N–H and O–H groups in total. The van der Waals surface area contributed by atoms with Crippen molar-refractivity contribution in [3.63, 3.8) is 0 Å². The third kappa shape index (κ3) is 11.4. The van der Waals surface area contributed by atoms with Crippen molar-refractivity contribution >= 4 is 23.1 Å². The molecule has 3 aliphatic carbocycles. The molecule has 378 valence electrons. The molecular formula is C65H70O8. The number of unbranched alkanes of at least 4 members (excludes halogenated alkanes) is 12. The van der Waals surface area contributed by atoms with Gasteiger partial charge in [0.15, 0.2) is 23.1 Å². The average molecular weight is 979 g/mol. The standard InChI is InChI=1S/C65H70O8/c1-3-5-7-19-37-70-45-27-31-51-55(41-45)61(66)53-33-29-47(43-57(53)63(51)68)72-39-21-11-9-17-35-65(59-25-15-13-23-49(59)50-24-14-16-26-60(50)65)36-18-10-12-22-40-73-48-30-34-54-58(44-48)64(69)52-32-28-46(42-56(52)62(54)67)71-38-20-8-6-4-2/h13-16,23-34,41-44H,3-12,17-22,35-40H2,1-2H3. The summed E-state index contributed by atoms with van der Waals surface area (Å²) >= 11 is 0. The average Bonchev–Trinajstić information content (AvgIpc) is 3.70. The van der Waals surface area contributed by atoms with Crippen LogP contribution in [0.2, 0.25) is 0 Å². The van der Waals surface area contributed by atoms with Crippen molar-refractivity contribution in [2.45, 2.75) is 135 Å². The highest BCUT2D eigenvalue weighted by molar-refractivity contribution is 6.29. The summed E-state index contributed by atoms with van der Waals surface area (Å²) in [6.45, 7) is 6.60. The molecule has 8 nitrogen and oxygen atoms in total. The van der Waals surface area contributed by atoms with Gasteiger partial charge in [0, 0.05) is 49.9 Å². The van der Waals surface area contributed by atoms with Gasteiger partial charge in [0.1, 0.15) is 23.0 Å². The fraction of sp³-hybridized carbons (Fsp3) is 0.385. The van der Waals surface area contributed by atoms with E-state index < -0.39 is 0 Å². The molecular weight excluding hydrogens is 909 g/mol. The quantitative estimate of drug-likeness (QED) is 0.0447. The Morgan fingerprint density at radius 1 is 0.301 bits per heavy atom. The van der Waals surface area contributed by atoms with E-state index >= 15 is 0 Å². The molecule has 0 atom stereocenters. The molecule has 0 radical (unpaired) electrons. The largest absolute Gasteiger partial charge is 0.494 e. The molecule has 6 aromatic carbocycles. The highest BCUT2D eigenvalue weighted by Gasteiger charge is 2.42. The lowest BCUT2D eigenvalue weighted by molar-refractivity contribution is 0.0978. The number of rotatable bonds is 28. The molecule has 3 aliphatic rings. The molecule has 0 fully saturated rings. The zero-order valence-corrected chi connectivity index (χ0v) is 42.9. The first-order valence-corrected chi connectivity index (χ1v) is 27.3. The fourth-order valence-corrected chi connectivity index (χ4v) is 11.2. The predicted molar refractivity (Wildman–Crippen MR) is 289 cm³/mol. The zero-order chi connectivity index (χ0) is 50.6. The van der Waals surface area contributed by atoms with Crippen LogP contribution < -0.4 is 18.9 Å². The summed E-state index contributed by atoms with van der Waals surface area (Å²) in [6, 6.07) is 38.9. The maximum atomic E-state index is 13.6. The number of carbonyl (C=O) groups excluding carboxylic acids is 4. The molecule has 0 saturated carbocycles. The van der Waals surface area contributed by atoms with E-state index in [4.69, 9.17) is 18.9 Å². The molecule has 0 saturated heterocycles. The Bertz CT molecular complexity index is 2750. The van der Waals surface area contributed by atoms with E-state index in [9.17, 15) is 19.2 Å². The van der Waals surface area contributed by atoms with Gasteiger partial charge in [0.05, 0.1) is 26.4 Å². The van der Waals surface area contributed by atoms with E-state index in [1.54, 1.807) is 72.8 Å². The minimum atomic E-state index is -0.163. The lowest BCUT2D eigenvalue weighted by Crippen LogP contribution is -2.25. The van der Waals surface area contributed by atoms with Crippen molar-refractivity contribution in [2.75, 3.05) is 26.4 Å². The Hall–Kier alpha value is -6.80. The number of ketones is 4. The molecule has 0 spiro atoms. The van der Waals surface area contributed by atoms with Crippen molar-refractivity contribution < 1.29 is 38.1 Å². The van der Waals surface area contributed by atoms with Crippen LogP contribution in [0.3, 0.4) is 0 Å². The third-order valence-electron chi connectivity index (χ3n) is 15.2. The summed E-state index contributed by atoms with van der Waals surface area (Å²) in [5.41, 5.74) is 8.73. The highest BCUT2D eigenvalue weighted by Crippen LogP contribution is 2.54. The van der Waals surface area contributed by atoms with Crippen LogP contribution in [0, 0.1) is 0 Å². The van der Waals surface area contributed by atoms with E-state index in [-0.39, 0.29) is 28.5 Å². The number of carbonyl (C=O) groups is 4. The first-order chi connectivity index (χ1) is 35.8. The second-order valence-electron chi connectivity index (χ2n) is 20.2. The molecule has 0 heterocycles. The monoisotopic (exact) mass is 979 g/mol. The smallest absolute Gasteiger partial charge is 0.194 e. The topological polar surface area (TPSA) is 105 Å². The van der Waals surface area contributed by atoms with Crippen LogP contribution in [0.4, 0.5) is 0 Å². The molecule has 0 amide bonds. The van der Waals surface area contributed by atoms with E-state index in [0.29, 0.717) is 93.9 Å². The molecule has 73 heavy (non-hydrogen) atoms. The maximum absolute atomic E-state index is 13.6. The van der Waals surface area contributed by atoms with Crippen LogP contribution in [0.5, 0.6) is 23.0 Å². The SMILES string of the molecule is CCCCCCOc1ccc2c(c1)C(=O)c1ccc(OCCCCCCC3(CCCCCCOc4ccc5c(c4)C(=O)c4ccc(OCCCCCC)cc4C5=O)c4ccccc4-c4ccccc43)cc1C2=O. The number of ether oxygens (including phenoxy) is 4. The van der Waals surface area contributed by atoms with Gasteiger partial charge in [-0.15, -0.1) is 0 Å². The number of fused-ring (bicyclic) bond motifs is 7. The predicted octanol–water partition coefficient (Wildman–Crippen LogP) is 15.5. The Labute approximate surface area is 431 Å². The Balaban J connectivity index is 0.738. The van der Waals surface area contributed by atoms with E-state index in [1.807, 2.05) is 0 Å². The Morgan fingerprint density at radius 2 is 0.589 bits per heavy atom. The highest BCUT2D eigenvalue weighted by atomic mass is 16.5. The lowest BCUT2D eigenvalue weighted by atomic mass is 9.70. The van der Waals surface area contributed by atoms with Crippen molar-refractivity contribution in [1.29, 1.82) is 0 Å². The summed E-state index contributed by atoms with van der Waals surface area (Å²) in [5.74, 6) is 1.80. The van der Waals surface area contributed by atoms with Crippen LogP contribution in [-0.4, -0.2) is 49.6 Å². The van der Waals surface area contributed by atoms with E-state index in [2.05, 4.69) is 62.4 Å². The van der Waals surface area contributed by atoms with Gasteiger partial charge in [-0.25, -0.2) is 0 Å². The fourth-order valence-electron chi connectivity index (χ4n) is 11.2. The Kier molecular flexibility index (Phi) is 17.0. The molecule has 0 aromatic heterocycles. The maximum Gasteiger partial charge on any atom is 0.194 e. The number of benzene rings is 6. The molecule has 6 aromatic rings. The van der Waals surface area contributed by atoms with E-state index in [1.165, 1.54) is 35.1 Å².